The second-order valence-electron chi connectivity index (χ2n) is 6.07. The van der Waals surface area contributed by atoms with Crippen molar-refractivity contribution in [2.45, 2.75) is 34.6 Å². The summed E-state index contributed by atoms with van der Waals surface area (Å²) in [7, 11) is 0. The summed E-state index contributed by atoms with van der Waals surface area (Å²) in [6.07, 6.45) is 0. The van der Waals surface area contributed by atoms with Gasteiger partial charge in [-0.1, -0.05) is 12.1 Å². The van der Waals surface area contributed by atoms with Gasteiger partial charge in [0.05, 0.1) is 12.3 Å². The zero-order valence-corrected chi connectivity index (χ0v) is 16.0. The van der Waals surface area contributed by atoms with Gasteiger partial charge in [0, 0.05) is 21.7 Å². The van der Waals surface area contributed by atoms with E-state index in [1.165, 1.54) is 0 Å². The second kappa shape index (κ2) is 6.84. The van der Waals surface area contributed by atoms with E-state index in [4.69, 9.17) is 9.72 Å². The fraction of sp³-hybridized carbons (Fsp3) is 0.300. The molecule has 0 atom stereocenters. The minimum Gasteiger partial charge on any atom is -0.494 e. The van der Waals surface area contributed by atoms with Crippen LogP contribution < -0.4 is 4.74 Å². The van der Waals surface area contributed by atoms with Gasteiger partial charge in [0.25, 0.3) is 0 Å². The number of nitrogens with one attached hydrogen (secondary N) is 1. The number of benzene rings is 1. The summed E-state index contributed by atoms with van der Waals surface area (Å²) in [5.41, 5.74) is 5.51. The summed E-state index contributed by atoms with van der Waals surface area (Å²) < 4.78 is 5.59. The molecular formula is C20H22N2O2S. The highest BCUT2D eigenvalue weighted by atomic mass is 32.1. The number of ketones is 1. The van der Waals surface area contributed by atoms with E-state index < -0.39 is 0 Å². The smallest absolute Gasteiger partial charge is 0.161 e. The van der Waals surface area contributed by atoms with Gasteiger partial charge in [0.2, 0.25) is 0 Å². The highest BCUT2D eigenvalue weighted by Crippen LogP contribution is 2.36. The predicted octanol–water partition coefficient (Wildman–Crippen LogP) is 5.33. The minimum atomic E-state index is 0.0787. The topological polar surface area (TPSA) is 55.0 Å². The third kappa shape index (κ3) is 3.24. The number of carbonyl (C=O) groups is 1. The van der Waals surface area contributed by atoms with E-state index in [-0.39, 0.29) is 5.78 Å². The van der Waals surface area contributed by atoms with Crippen LogP contribution in [0, 0.1) is 20.8 Å². The van der Waals surface area contributed by atoms with Crippen LogP contribution in [0.15, 0.2) is 24.3 Å². The number of hydrogen-bond acceptors (Lipinski definition) is 4. The average molecular weight is 354 g/mol. The Hall–Kier alpha value is -2.40. The van der Waals surface area contributed by atoms with Gasteiger partial charge >= 0.3 is 0 Å². The molecule has 2 heterocycles. The van der Waals surface area contributed by atoms with Crippen molar-refractivity contribution >= 4 is 17.1 Å². The third-order valence-corrected chi connectivity index (χ3v) is 5.23. The first-order valence-corrected chi connectivity index (χ1v) is 9.15. The van der Waals surface area contributed by atoms with Crippen molar-refractivity contribution in [2.24, 2.45) is 0 Å². The summed E-state index contributed by atoms with van der Waals surface area (Å²) in [6, 6.07) is 7.98. The first kappa shape index (κ1) is 17.4. The van der Waals surface area contributed by atoms with Gasteiger partial charge in [0.1, 0.15) is 16.5 Å². The molecule has 1 aromatic carbocycles. The Morgan fingerprint density at radius 1 is 1.28 bits per heavy atom. The van der Waals surface area contributed by atoms with E-state index in [1.54, 1.807) is 18.3 Å². The quantitative estimate of drug-likeness (QED) is 0.630. The number of aryl methyl sites for hydroxylation is 2. The summed E-state index contributed by atoms with van der Waals surface area (Å²) in [6.45, 7) is 10.2. The van der Waals surface area contributed by atoms with Crippen molar-refractivity contribution < 1.29 is 9.53 Å². The van der Waals surface area contributed by atoms with Crippen LogP contribution in [0.25, 0.3) is 22.0 Å². The number of aromatic nitrogens is 2. The Kier molecular flexibility index (Phi) is 4.77. The maximum absolute atomic E-state index is 11.9. The Labute approximate surface area is 151 Å². The number of nitrogens with zero attached hydrogens (tertiary/aromatic N) is 1. The van der Waals surface area contributed by atoms with Gasteiger partial charge in [-0.3, -0.25) is 4.79 Å². The molecule has 3 rings (SSSR count). The number of ether oxygens (including phenoxy) is 1. The van der Waals surface area contributed by atoms with E-state index in [2.05, 4.69) is 11.9 Å². The van der Waals surface area contributed by atoms with Crippen molar-refractivity contribution in [1.82, 2.24) is 9.97 Å². The molecular weight excluding hydrogens is 332 g/mol. The molecule has 3 aromatic rings. The highest BCUT2D eigenvalue weighted by molar-refractivity contribution is 7.15. The van der Waals surface area contributed by atoms with Crippen LogP contribution in [-0.4, -0.2) is 22.4 Å². The molecule has 0 saturated heterocycles. The predicted molar refractivity (Wildman–Crippen MR) is 103 cm³/mol. The zero-order chi connectivity index (χ0) is 18.1. The maximum atomic E-state index is 11.9. The number of H-pyrrole nitrogens is 1. The first-order chi connectivity index (χ1) is 11.9. The number of thiazole rings is 1. The van der Waals surface area contributed by atoms with Gasteiger partial charge in [-0.2, -0.15) is 0 Å². The van der Waals surface area contributed by atoms with Crippen molar-refractivity contribution in [1.29, 1.82) is 0 Å². The number of Topliss-reactive ketones (excluding diaryl/α,β-unsaturated/α-hetero) is 1. The number of aromatic amines is 1. The van der Waals surface area contributed by atoms with Gasteiger partial charge in [-0.15, -0.1) is 11.3 Å². The molecule has 25 heavy (non-hydrogen) atoms. The SMILES string of the molecule is CCOc1cccc(-c2nc(-c3[nH]c(C)c(C(C)=O)c3C)c(C)s2)c1. The average Bonchev–Trinajstić information content (AvgIpc) is 3.07. The lowest BCUT2D eigenvalue weighted by Crippen LogP contribution is -1.95. The van der Waals surface area contributed by atoms with Crippen LogP contribution in [0.5, 0.6) is 5.75 Å². The molecule has 0 aliphatic rings. The van der Waals surface area contributed by atoms with Crippen LogP contribution in [-0.2, 0) is 0 Å². The zero-order valence-electron chi connectivity index (χ0n) is 15.2. The molecule has 4 nitrogen and oxygen atoms in total. The minimum absolute atomic E-state index is 0.0787. The largest absolute Gasteiger partial charge is 0.494 e. The van der Waals surface area contributed by atoms with Gasteiger partial charge in [-0.25, -0.2) is 4.98 Å². The Balaban J connectivity index is 2.06. The molecule has 2 aromatic heterocycles. The molecule has 0 saturated carbocycles. The molecule has 0 bridgehead atoms. The summed E-state index contributed by atoms with van der Waals surface area (Å²) >= 11 is 1.65. The Bertz CT molecular complexity index is 937. The molecule has 0 unspecified atom stereocenters. The monoisotopic (exact) mass is 354 g/mol. The number of rotatable bonds is 5. The van der Waals surface area contributed by atoms with Crippen molar-refractivity contribution in [3.05, 3.63) is 46.0 Å². The van der Waals surface area contributed by atoms with Crippen LogP contribution in [0.2, 0.25) is 0 Å². The van der Waals surface area contributed by atoms with E-state index in [0.717, 1.165) is 49.4 Å². The van der Waals surface area contributed by atoms with Crippen molar-refractivity contribution in [3.8, 4) is 27.7 Å². The molecule has 0 spiro atoms. The molecule has 0 fully saturated rings. The van der Waals surface area contributed by atoms with E-state index >= 15 is 0 Å². The molecule has 0 aliphatic heterocycles. The Morgan fingerprint density at radius 3 is 2.68 bits per heavy atom. The van der Waals surface area contributed by atoms with E-state index in [9.17, 15) is 4.79 Å². The van der Waals surface area contributed by atoms with Crippen LogP contribution in [0.1, 0.15) is 40.3 Å². The van der Waals surface area contributed by atoms with Crippen LogP contribution in [0.4, 0.5) is 0 Å². The van der Waals surface area contributed by atoms with Gasteiger partial charge < -0.3 is 9.72 Å². The molecule has 0 aliphatic carbocycles. The Morgan fingerprint density at radius 2 is 2.04 bits per heavy atom. The third-order valence-electron chi connectivity index (χ3n) is 4.21. The molecule has 130 valence electrons. The van der Waals surface area contributed by atoms with E-state index in [1.807, 2.05) is 45.0 Å². The fourth-order valence-corrected chi connectivity index (χ4v) is 4.07. The molecule has 0 amide bonds. The van der Waals surface area contributed by atoms with Crippen molar-refractivity contribution in [2.75, 3.05) is 6.61 Å². The summed E-state index contributed by atoms with van der Waals surface area (Å²) in [5, 5.41) is 0.949. The number of carbonyl (C=O) groups excluding carboxylic acids is 1. The lowest BCUT2D eigenvalue weighted by Gasteiger charge is -2.03. The standard InChI is InChI=1S/C20H22N2O2S/c1-6-24-16-9-7-8-15(10-16)20-22-19(14(5)25-20)18-11(2)17(13(4)23)12(3)21-18/h7-10,21H,6H2,1-5H3. The van der Waals surface area contributed by atoms with Crippen LogP contribution in [0.3, 0.4) is 0 Å². The summed E-state index contributed by atoms with van der Waals surface area (Å²) in [4.78, 5) is 21.2. The van der Waals surface area contributed by atoms with Gasteiger partial charge in [-0.05, 0) is 52.3 Å². The maximum Gasteiger partial charge on any atom is 0.161 e. The molecule has 5 heteroatoms. The van der Waals surface area contributed by atoms with Crippen LogP contribution >= 0.6 is 11.3 Å². The van der Waals surface area contributed by atoms with Gasteiger partial charge in [0.15, 0.2) is 5.78 Å². The lowest BCUT2D eigenvalue weighted by molar-refractivity contribution is 0.101. The number of hydrogen-bond donors (Lipinski definition) is 1. The highest BCUT2D eigenvalue weighted by Gasteiger charge is 2.20. The van der Waals surface area contributed by atoms with E-state index in [0.29, 0.717) is 6.61 Å². The first-order valence-electron chi connectivity index (χ1n) is 8.33. The molecule has 1 N–H and O–H groups in total. The van der Waals surface area contributed by atoms with Crippen molar-refractivity contribution in [3.63, 3.8) is 0 Å². The fourth-order valence-electron chi connectivity index (χ4n) is 3.15. The summed E-state index contributed by atoms with van der Waals surface area (Å²) in [5.74, 6) is 0.926. The second-order valence-corrected chi connectivity index (χ2v) is 7.27. The lowest BCUT2D eigenvalue weighted by atomic mass is 10.1. The normalized spacial score (nSPS) is 10.9. The molecule has 0 radical (unpaired) electrons.